The van der Waals surface area contributed by atoms with Crippen molar-refractivity contribution < 1.29 is 4.39 Å². The summed E-state index contributed by atoms with van der Waals surface area (Å²) >= 11 is 5.94. The van der Waals surface area contributed by atoms with Crippen LogP contribution >= 0.6 is 11.6 Å². The van der Waals surface area contributed by atoms with Crippen LogP contribution in [0.3, 0.4) is 0 Å². The van der Waals surface area contributed by atoms with Crippen molar-refractivity contribution in [2.45, 2.75) is 32.4 Å². The van der Waals surface area contributed by atoms with Gasteiger partial charge < -0.3 is 5.32 Å². The zero-order chi connectivity index (χ0) is 13.0. The monoisotopic (exact) mass is 270 g/mol. The Morgan fingerprint density at radius 2 is 2.33 bits per heavy atom. The number of nitrogens with zero attached hydrogens (tertiary/aromatic N) is 1. The van der Waals surface area contributed by atoms with Crippen LogP contribution < -0.4 is 5.32 Å². The lowest BCUT2D eigenvalue weighted by molar-refractivity contribution is 0.197. The summed E-state index contributed by atoms with van der Waals surface area (Å²) < 4.78 is 13.8. The van der Waals surface area contributed by atoms with Gasteiger partial charge in [-0.25, -0.2) is 4.39 Å². The zero-order valence-electron chi connectivity index (χ0n) is 10.8. The molecule has 0 saturated carbocycles. The van der Waals surface area contributed by atoms with E-state index < -0.39 is 0 Å². The number of hydrogen-bond donors (Lipinski definition) is 1. The van der Waals surface area contributed by atoms with Crippen molar-refractivity contribution in [3.8, 4) is 0 Å². The van der Waals surface area contributed by atoms with Gasteiger partial charge in [0.25, 0.3) is 0 Å². The van der Waals surface area contributed by atoms with Crippen LogP contribution in [0.5, 0.6) is 0 Å². The van der Waals surface area contributed by atoms with Crippen molar-refractivity contribution in [3.05, 3.63) is 34.6 Å². The number of hydrogen-bond acceptors (Lipinski definition) is 2. The number of benzene rings is 1. The molecule has 0 aliphatic carbocycles. The van der Waals surface area contributed by atoms with Crippen LogP contribution in [0.15, 0.2) is 18.2 Å². The van der Waals surface area contributed by atoms with Crippen molar-refractivity contribution in [1.29, 1.82) is 0 Å². The van der Waals surface area contributed by atoms with E-state index in [1.54, 1.807) is 12.1 Å². The predicted octanol–water partition coefficient (Wildman–Crippen LogP) is 3.05. The van der Waals surface area contributed by atoms with E-state index in [0.717, 1.165) is 32.5 Å². The van der Waals surface area contributed by atoms with Gasteiger partial charge in [0.1, 0.15) is 5.82 Å². The van der Waals surface area contributed by atoms with Crippen LogP contribution in [0.1, 0.15) is 25.3 Å². The lowest BCUT2D eigenvalue weighted by Crippen LogP contribution is -2.37. The summed E-state index contributed by atoms with van der Waals surface area (Å²) in [6.45, 7) is 5.86. The van der Waals surface area contributed by atoms with Crippen LogP contribution in [-0.2, 0) is 6.54 Å². The SMILES string of the molecule is CCCN(Cc1cc(Cl)ccc1F)C1CCNC1. The summed E-state index contributed by atoms with van der Waals surface area (Å²) in [5.41, 5.74) is 0.697. The Morgan fingerprint density at radius 3 is 3.00 bits per heavy atom. The molecule has 1 N–H and O–H groups in total. The van der Waals surface area contributed by atoms with Crippen LogP contribution in [0, 0.1) is 5.82 Å². The van der Waals surface area contributed by atoms with Gasteiger partial charge in [0.2, 0.25) is 0 Å². The van der Waals surface area contributed by atoms with E-state index in [4.69, 9.17) is 11.6 Å². The van der Waals surface area contributed by atoms with Gasteiger partial charge >= 0.3 is 0 Å². The smallest absolute Gasteiger partial charge is 0.127 e. The van der Waals surface area contributed by atoms with Gasteiger partial charge in [-0.1, -0.05) is 18.5 Å². The Balaban J connectivity index is 2.09. The average Bonchev–Trinajstić information content (AvgIpc) is 2.87. The second kappa shape index (κ2) is 6.50. The van der Waals surface area contributed by atoms with Gasteiger partial charge in [-0.05, 0) is 44.1 Å². The van der Waals surface area contributed by atoms with Crippen molar-refractivity contribution in [1.82, 2.24) is 10.2 Å². The van der Waals surface area contributed by atoms with Gasteiger partial charge in [-0.2, -0.15) is 0 Å². The minimum absolute atomic E-state index is 0.161. The Hall–Kier alpha value is -0.640. The first-order valence-electron chi connectivity index (χ1n) is 6.59. The molecule has 1 fully saturated rings. The first-order valence-corrected chi connectivity index (χ1v) is 6.97. The summed E-state index contributed by atoms with van der Waals surface area (Å²) in [4.78, 5) is 2.36. The standard InChI is InChI=1S/C14H20ClFN2/c1-2-7-18(13-5-6-17-9-13)10-11-8-12(15)3-4-14(11)16/h3-4,8,13,17H,2,5-7,9-10H2,1H3. The minimum atomic E-state index is -0.161. The Kier molecular flexibility index (Phi) is 4.98. The van der Waals surface area contributed by atoms with Gasteiger partial charge in [0, 0.05) is 29.7 Å². The molecule has 1 saturated heterocycles. The molecule has 100 valence electrons. The molecular formula is C14H20ClFN2. The van der Waals surface area contributed by atoms with Gasteiger partial charge in [0.15, 0.2) is 0 Å². The zero-order valence-corrected chi connectivity index (χ0v) is 11.5. The number of rotatable bonds is 5. The normalized spacial score (nSPS) is 19.7. The fourth-order valence-corrected chi connectivity index (χ4v) is 2.71. The molecule has 1 aliphatic rings. The van der Waals surface area contributed by atoms with Crippen molar-refractivity contribution in [3.63, 3.8) is 0 Å². The molecule has 0 bridgehead atoms. The van der Waals surface area contributed by atoms with E-state index in [9.17, 15) is 4.39 Å². The van der Waals surface area contributed by atoms with Crippen molar-refractivity contribution in [2.75, 3.05) is 19.6 Å². The molecule has 1 aromatic carbocycles. The molecule has 0 radical (unpaired) electrons. The van der Waals surface area contributed by atoms with E-state index in [1.807, 2.05) is 0 Å². The van der Waals surface area contributed by atoms with Crippen molar-refractivity contribution >= 4 is 11.6 Å². The van der Waals surface area contributed by atoms with E-state index in [-0.39, 0.29) is 5.82 Å². The quantitative estimate of drug-likeness (QED) is 0.885. The van der Waals surface area contributed by atoms with E-state index in [2.05, 4.69) is 17.1 Å². The minimum Gasteiger partial charge on any atom is -0.315 e. The average molecular weight is 271 g/mol. The topological polar surface area (TPSA) is 15.3 Å². The molecule has 18 heavy (non-hydrogen) atoms. The molecule has 1 heterocycles. The number of nitrogens with one attached hydrogen (secondary N) is 1. The highest BCUT2D eigenvalue weighted by molar-refractivity contribution is 6.30. The molecular weight excluding hydrogens is 251 g/mol. The second-order valence-electron chi connectivity index (χ2n) is 4.85. The van der Waals surface area contributed by atoms with Crippen molar-refractivity contribution in [2.24, 2.45) is 0 Å². The van der Waals surface area contributed by atoms with Gasteiger partial charge in [-0.15, -0.1) is 0 Å². The molecule has 1 aliphatic heterocycles. The lowest BCUT2D eigenvalue weighted by atomic mass is 10.1. The maximum atomic E-state index is 13.8. The first-order chi connectivity index (χ1) is 8.70. The van der Waals surface area contributed by atoms with Gasteiger partial charge in [-0.3, -0.25) is 4.90 Å². The lowest BCUT2D eigenvalue weighted by Gasteiger charge is -2.28. The molecule has 0 spiro atoms. The van der Waals surface area contributed by atoms with Crippen LogP contribution in [0.4, 0.5) is 4.39 Å². The summed E-state index contributed by atoms with van der Waals surface area (Å²) in [6, 6.07) is 5.31. The summed E-state index contributed by atoms with van der Waals surface area (Å²) in [5.74, 6) is -0.161. The maximum Gasteiger partial charge on any atom is 0.127 e. The third-order valence-electron chi connectivity index (χ3n) is 3.44. The van der Waals surface area contributed by atoms with E-state index in [1.165, 1.54) is 6.07 Å². The fraction of sp³-hybridized carbons (Fsp3) is 0.571. The third kappa shape index (κ3) is 3.44. The molecule has 1 aromatic rings. The summed E-state index contributed by atoms with van der Waals surface area (Å²) in [5, 5.41) is 3.97. The van der Waals surface area contributed by atoms with E-state index >= 15 is 0 Å². The third-order valence-corrected chi connectivity index (χ3v) is 3.68. The van der Waals surface area contributed by atoms with Crippen LogP contribution in [0.25, 0.3) is 0 Å². The first kappa shape index (κ1) is 13.8. The summed E-state index contributed by atoms with van der Waals surface area (Å²) in [7, 11) is 0. The Bertz CT molecular complexity index is 391. The Morgan fingerprint density at radius 1 is 1.50 bits per heavy atom. The van der Waals surface area contributed by atoms with Crippen LogP contribution in [-0.4, -0.2) is 30.6 Å². The van der Waals surface area contributed by atoms with Gasteiger partial charge in [0.05, 0.1) is 0 Å². The highest BCUT2D eigenvalue weighted by atomic mass is 35.5. The highest BCUT2D eigenvalue weighted by Crippen LogP contribution is 2.19. The maximum absolute atomic E-state index is 13.8. The number of halogens is 2. The second-order valence-corrected chi connectivity index (χ2v) is 5.29. The Labute approximate surface area is 113 Å². The molecule has 2 rings (SSSR count). The molecule has 2 nitrogen and oxygen atoms in total. The molecule has 0 amide bonds. The molecule has 1 atom stereocenters. The highest BCUT2D eigenvalue weighted by Gasteiger charge is 2.22. The van der Waals surface area contributed by atoms with E-state index in [0.29, 0.717) is 23.2 Å². The summed E-state index contributed by atoms with van der Waals surface area (Å²) in [6.07, 6.45) is 2.22. The fourth-order valence-electron chi connectivity index (χ4n) is 2.51. The predicted molar refractivity (Wildman–Crippen MR) is 73.4 cm³/mol. The van der Waals surface area contributed by atoms with Crippen LogP contribution in [0.2, 0.25) is 5.02 Å². The molecule has 4 heteroatoms. The molecule has 0 aromatic heterocycles. The largest absolute Gasteiger partial charge is 0.315 e. The molecule has 1 unspecified atom stereocenters.